The van der Waals surface area contributed by atoms with Gasteiger partial charge in [-0.15, -0.1) is 10.2 Å². The number of hydrogen-bond acceptors (Lipinski definition) is 3. The first kappa shape index (κ1) is 15.5. The van der Waals surface area contributed by atoms with Crippen molar-refractivity contribution in [1.29, 1.82) is 0 Å². The molecule has 4 nitrogen and oxygen atoms in total. The van der Waals surface area contributed by atoms with Gasteiger partial charge in [-0.25, -0.2) is 0 Å². The lowest BCUT2D eigenvalue weighted by atomic mass is 10.1. The van der Waals surface area contributed by atoms with Gasteiger partial charge in [0, 0.05) is 19.5 Å². The fraction of sp³-hybridized carbons (Fsp3) is 0.875. The van der Waals surface area contributed by atoms with Crippen LogP contribution in [0.15, 0.2) is 0 Å². The maximum absolute atomic E-state index is 4.44. The van der Waals surface area contributed by atoms with Gasteiger partial charge in [-0.2, -0.15) is 0 Å². The average Bonchev–Trinajstić information content (AvgIpc) is 2.87. The van der Waals surface area contributed by atoms with Crippen LogP contribution in [0.5, 0.6) is 0 Å². The molecule has 1 atom stereocenters. The molecule has 1 aliphatic heterocycles. The highest BCUT2D eigenvalue weighted by molar-refractivity contribution is 5.04. The Balaban J connectivity index is 1.81. The average molecular weight is 278 g/mol. The summed E-state index contributed by atoms with van der Waals surface area (Å²) in [4.78, 5) is 0. The fourth-order valence-corrected chi connectivity index (χ4v) is 3.06. The Morgan fingerprint density at radius 3 is 2.65 bits per heavy atom. The highest BCUT2D eigenvalue weighted by Crippen LogP contribution is 2.21. The lowest BCUT2D eigenvalue weighted by molar-refractivity contribution is 0.387. The molecule has 4 heteroatoms. The van der Waals surface area contributed by atoms with Crippen molar-refractivity contribution in [2.24, 2.45) is 0 Å². The number of aromatic nitrogens is 3. The van der Waals surface area contributed by atoms with Crippen LogP contribution in [-0.4, -0.2) is 21.3 Å². The first-order chi connectivity index (χ1) is 9.86. The molecular weight excluding hydrogens is 248 g/mol. The third-order valence-corrected chi connectivity index (χ3v) is 4.23. The van der Waals surface area contributed by atoms with Crippen LogP contribution in [0, 0.1) is 0 Å². The molecule has 20 heavy (non-hydrogen) atoms. The Hall–Kier alpha value is -0.900. The molecule has 0 radical (unpaired) electrons. The van der Waals surface area contributed by atoms with E-state index in [2.05, 4.69) is 33.9 Å². The van der Waals surface area contributed by atoms with Gasteiger partial charge in [0.2, 0.25) is 0 Å². The number of nitrogens with one attached hydrogen (secondary N) is 1. The number of aryl methyl sites for hydroxylation is 1. The van der Waals surface area contributed by atoms with Crippen molar-refractivity contribution in [1.82, 2.24) is 20.1 Å². The topological polar surface area (TPSA) is 42.7 Å². The first-order valence-corrected chi connectivity index (χ1v) is 8.52. The van der Waals surface area contributed by atoms with Gasteiger partial charge in [0.05, 0.1) is 6.04 Å². The van der Waals surface area contributed by atoms with Gasteiger partial charge in [0.25, 0.3) is 0 Å². The molecule has 2 rings (SSSR count). The molecule has 1 N–H and O–H groups in total. The molecule has 1 aliphatic rings. The van der Waals surface area contributed by atoms with Crippen LogP contribution in [0.4, 0.5) is 0 Å². The van der Waals surface area contributed by atoms with E-state index < -0.39 is 0 Å². The highest BCUT2D eigenvalue weighted by atomic mass is 15.3. The summed E-state index contributed by atoms with van der Waals surface area (Å²) in [7, 11) is 0. The Morgan fingerprint density at radius 1 is 1.05 bits per heavy atom. The lowest BCUT2D eigenvalue weighted by Crippen LogP contribution is -2.34. The maximum atomic E-state index is 4.44. The predicted molar refractivity (Wildman–Crippen MR) is 82.8 cm³/mol. The van der Waals surface area contributed by atoms with Crippen molar-refractivity contribution in [3.8, 4) is 0 Å². The summed E-state index contributed by atoms with van der Waals surface area (Å²) in [6, 6.07) is 0.416. The van der Waals surface area contributed by atoms with Crippen LogP contribution in [0.2, 0.25) is 0 Å². The number of unbranched alkanes of at least 4 members (excludes halogenated alkanes) is 5. The molecule has 1 aromatic rings. The SMILES string of the molecule is CCCCCCCCc1nnc2n1CCNC2CCC. The van der Waals surface area contributed by atoms with Crippen LogP contribution >= 0.6 is 0 Å². The van der Waals surface area contributed by atoms with E-state index >= 15 is 0 Å². The largest absolute Gasteiger partial charge is 0.312 e. The third-order valence-electron chi connectivity index (χ3n) is 4.23. The summed E-state index contributed by atoms with van der Waals surface area (Å²) >= 11 is 0. The van der Waals surface area contributed by atoms with E-state index in [1.165, 1.54) is 56.6 Å². The van der Waals surface area contributed by atoms with Crippen molar-refractivity contribution in [2.75, 3.05) is 6.54 Å². The smallest absolute Gasteiger partial charge is 0.150 e. The number of hydrogen-bond donors (Lipinski definition) is 1. The summed E-state index contributed by atoms with van der Waals surface area (Å²) in [5, 5.41) is 12.4. The van der Waals surface area contributed by atoms with Gasteiger partial charge in [0.15, 0.2) is 0 Å². The summed E-state index contributed by atoms with van der Waals surface area (Å²) < 4.78 is 2.36. The molecule has 0 saturated carbocycles. The van der Waals surface area contributed by atoms with Gasteiger partial charge < -0.3 is 9.88 Å². The Labute approximate surface area is 123 Å². The molecule has 0 aliphatic carbocycles. The van der Waals surface area contributed by atoms with Gasteiger partial charge in [-0.1, -0.05) is 52.4 Å². The monoisotopic (exact) mass is 278 g/mol. The van der Waals surface area contributed by atoms with Crippen LogP contribution in [0.3, 0.4) is 0 Å². The van der Waals surface area contributed by atoms with Crippen LogP contribution in [-0.2, 0) is 13.0 Å². The summed E-state index contributed by atoms with van der Waals surface area (Å²) in [5.41, 5.74) is 0. The van der Waals surface area contributed by atoms with Crippen molar-refractivity contribution in [3.63, 3.8) is 0 Å². The fourth-order valence-electron chi connectivity index (χ4n) is 3.06. The second-order valence-electron chi connectivity index (χ2n) is 5.94. The zero-order valence-corrected chi connectivity index (χ0v) is 13.2. The Bertz CT molecular complexity index is 386. The van der Waals surface area contributed by atoms with E-state index in [0.29, 0.717) is 6.04 Å². The van der Waals surface area contributed by atoms with Gasteiger partial charge >= 0.3 is 0 Å². The van der Waals surface area contributed by atoms with Crippen LogP contribution < -0.4 is 5.32 Å². The van der Waals surface area contributed by atoms with Gasteiger partial charge in [-0.05, 0) is 12.8 Å². The molecule has 114 valence electrons. The molecule has 1 unspecified atom stereocenters. The van der Waals surface area contributed by atoms with E-state index in [9.17, 15) is 0 Å². The van der Waals surface area contributed by atoms with Crippen LogP contribution in [0.25, 0.3) is 0 Å². The van der Waals surface area contributed by atoms with E-state index in [0.717, 1.165) is 25.9 Å². The molecule has 0 aromatic carbocycles. The minimum atomic E-state index is 0.416. The lowest BCUT2D eigenvalue weighted by Gasteiger charge is -2.24. The summed E-state index contributed by atoms with van der Waals surface area (Å²) in [5.74, 6) is 2.37. The molecule has 0 amide bonds. The van der Waals surface area contributed by atoms with Gasteiger partial charge in [0.1, 0.15) is 11.6 Å². The van der Waals surface area contributed by atoms with Crippen molar-refractivity contribution in [2.45, 2.75) is 84.2 Å². The van der Waals surface area contributed by atoms with E-state index in [-0.39, 0.29) is 0 Å². The summed E-state index contributed by atoms with van der Waals surface area (Å²) in [6.45, 7) is 6.59. The molecule has 0 fully saturated rings. The molecule has 0 spiro atoms. The third kappa shape index (κ3) is 4.05. The zero-order valence-electron chi connectivity index (χ0n) is 13.2. The van der Waals surface area contributed by atoms with E-state index in [4.69, 9.17) is 0 Å². The molecular formula is C16H30N4. The number of rotatable bonds is 9. The zero-order chi connectivity index (χ0) is 14.2. The molecule has 1 aromatic heterocycles. The quantitative estimate of drug-likeness (QED) is 0.701. The standard InChI is InChI=1S/C16H30N4/c1-3-5-6-7-8-9-11-15-18-19-16-14(10-4-2)17-12-13-20(15)16/h14,17H,3-13H2,1-2H3. The molecule has 2 heterocycles. The number of fused-ring (bicyclic) bond motifs is 1. The molecule has 0 saturated heterocycles. The maximum Gasteiger partial charge on any atom is 0.150 e. The molecule has 0 bridgehead atoms. The van der Waals surface area contributed by atoms with Crippen molar-refractivity contribution < 1.29 is 0 Å². The van der Waals surface area contributed by atoms with Crippen LogP contribution in [0.1, 0.15) is 82.9 Å². The number of nitrogens with zero attached hydrogens (tertiary/aromatic N) is 3. The summed E-state index contributed by atoms with van der Waals surface area (Å²) in [6.07, 6.45) is 11.5. The Morgan fingerprint density at radius 2 is 1.85 bits per heavy atom. The van der Waals surface area contributed by atoms with Gasteiger partial charge in [-0.3, -0.25) is 0 Å². The van der Waals surface area contributed by atoms with Crippen molar-refractivity contribution >= 4 is 0 Å². The second-order valence-corrected chi connectivity index (χ2v) is 5.94. The second kappa shape index (κ2) is 8.40. The van der Waals surface area contributed by atoms with Crippen molar-refractivity contribution in [3.05, 3.63) is 11.6 Å². The van der Waals surface area contributed by atoms with E-state index in [1.807, 2.05) is 0 Å². The highest BCUT2D eigenvalue weighted by Gasteiger charge is 2.23. The minimum absolute atomic E-state index is 0.416. The Kier molecular flexibility index (Phi) is 6.51. The van der Waals surface area contributed by atoms with E-state index in [1.54, 1.807) is 0 Å². The normalized spacial score (nSPS) is 18.2. The first-order valence-electron chi connectivity index (χ1n) is 8.52. The predicted octanol–water partition coefficient (Wildman–Crippen LogP) is 3.63. The minimum Gasteiger partial charge on any atom is -0.312 e.